The highest BCUT2D eigenvalue weighted by molar-refractivity contribution is 6.31. The molecule has 0 saturated carbocycles. The Morgan fingerprint density at radius 1 is 1.44 bits per heavy atom. The number of piperidine rings is 1. The summed E-state index contributed by atoms with van der Waals surface area (Å²) in [4.78, 5) is 2.23. The van der Waals surface area contributed by atoms with Gasteiger partial charge in [0.2, 0.25) is 0 Å². The second-order valence-corrected chi connectivity index (χ2v) is 4.91. The van der Waals surface area contributed by atoms with Crippen molar-refractivity contribution in [3.05, 3.63) is 29.0 Å². The van der Waals surface area contributed by atoms with Crippen molar-refractivity contribution in [3.63, 3.8) is 0 Å². The number of nitrogens with one attached hydrogen (secondary N) is 1. The first-order chi connectivity index (χ1) is 8.70. The molecule has 2 rings (SSSR count). The summed E-state index contributed by atoms with van der Waals surface area (Å²) in [7, 11) is 0. The first-order valence-corrected chi connectivity index (χ1v) is 6.45. The van der Waals surface area contributed by atoms with Crippen LogP contribution in [-0.2, 0) is 0 Å². The average Bonchev–Trinajstić information content (AvgIpc) is 2.38. The van der Waals surface area contributed by atoms with Crippen molar-refractivity contribution in [3.8, 4) is 12.3 Å². The van der Waals surface area contributed by atoms with Crippen LogP contribution < -0.4 is 5.32 Å². The zero-order chi connectivity index (χ0) is 13.0. The van der Waals surface area contributed by atoms with Crippen LogP contribution in [-0.4, -0.2) is 30.6 Å². The third-order valence-corrected chi connectivity index (χ3v) is 3.51. The number of terminal acetylenes is 1. The molecule has 96 valence electrons. The molecule has 0 spiro atoms. The van der Waals surface area contributed by atoms with Gasteiger partial charge in [-0.1, -0.05) is 23.6 Å². The molecule has 1 N–H and O–H groups in total. The Kier molecular flexibility index (Phi) is 4.46. The molecule has 0 radical (unpaired) electrons. The zero-order valence-corrected chi connectivity index (χ0v) is 10.9. The normalized spacial score (nSPS) is 17.4. The van der Waals surface area contributed by atoms with Gasteiger partial charge in [-0.2, -0.15) is 0 Å². The lowest BCUT2D eigenvalue weighted by Crippen LogP contribution is -2.39. The van der Waals surface area contributed by atoms with E-state index < -0.39 is 0 Å². The molecule has 1 heterocycles. The number of benzene rings is 1. The lowest BCUT2D eigenvalue weighted by Gasteiger charge is -2.31. The molecule has 2 nitrogen and oxygen atoms in total. The number of halogens is 2. The van der Waals surface area contributed by atoms with Gasteiger partial charge in [0.05, 0.1) is 17.3 Å². The van der Waals surface area contributed by atoms with E-state index in [0.717, 1.165) is 25.9 Å². The molecule has 0 amide bonds. The number of rotatable bonds is 3. The molecule has 0 aromatic heterocycles. The van der Waals surface area contributed by atoms with E-state index in [1.165, 1.54) is 0 Å². The number of anilines is 1. The fourth-order valence-corrected chi connectivity index (χ4v) is 2.37. The van der Waals surface area contributed by atoms with Gasteiger partial charge < -0.3 is 5.32 Å². The monoisotopic (exact) mass is 266 g/mol. The summed E-state index contributed by atoms with van der Waals surface area (Å²) in [5.41, 5.74) is 0.484. The Morgan fingerprint density at radius 3 is 2.83 bits per heavy atom. The van der Waals surface area contributed by atoms with Crippen molar-refractivity contribution >= 4 is 17.3 Å². The van der Waals surface area contributed by atoms with Gasteiger partial charge in [0.25, 0.3) is 0 Å². The molecule has 1 aliphatic heterocycles. The molecule has 1 saturated heterocycles. The van der Waals surface area contributed by atoms with Crippen molar-refractivity contribution in [2.24, 2.45) is 0 Å². The van der Waals surface area contributed by atoms with Crippen LogP contribution in [0, 0.1) is 18.2 Å². The molecule has 0 bridgehead atoms. The highest BCUT2D eigenvalue weighted by Crippen LogP contribution is 2.24. The van der Waals surface area contributed by atoms with Gasteiger partial charge in [-0.25, -0.2) is 4.39 Å². The van der Waals surface area contributed by atoms with Gasteiger partial charge in [-0.3, -0.25) is 4.90 Å². The highest BCUT2D eigenvalue weighted by Gasteiger charge is 2.19. The van der Waals surface area contributed by atoms with E-state index >= 15 is 0 Å². The number of nitrogens with zero attached hydrogens (tertiary/aromatic N) is 1. The molecule has 0 aliphatic carbocycles. The molecule has 0 unspecified atom stereocenters. The number of hydrogen-bond donors (Lipinski definition) is 1. The predicted octanol–water partition coefficient (Wildman–Crippen LogP) is 2.99. The third kappa shape index (κ3) is 3.16. The van der Waals surface area contributed by atoms with Gasteiger partial charge in [-0.15, -0.1) is 6.42 Å². The smallest absolute Gasteiger partial charge is 0.164 e. The molecule has 4 heteroatoms. The van der Waals surface area contributed by atoms with E-state index in [9.17, 15) is 4.39 Å². The summed E-state index contributed by atoms with van der Waals surface area (Å²) < 4.78 is 13.7. The van der Waals surface area contributed by atoms with E-state index in [4.69, 9.17) is 18.0 Å². The summed E-state index contributed by atoms with van der Waals surface area (Å²) >= 11 is 5.75. The maximum atomic E-state index is 13.7. The molecule has 1 aromatic carbocycles. The lowest BCUT2D eigenvalue weighted by atomic mass is 10.0. The first-order valence-electron chi connectivity index (χ1n) is 6.07. The van der Waals surface area contributed by atoms with Crippen molar-refractivity contribution in [1.82, 2.24) is 4.90 Å². The zero-order valence-electron chi connectivity index (χ0n) is 10.1. The van der Waals surface area contributed by atoms with Gasteiger partial charge in [0.15, 0.2) is 5.82 Å². The van der Waals surface area contributed by atoms with Crippen LogP contribution in [0.1, 0.15) is 12.8 Å². The second-order valence-electron chi connectivity index (χ2n) is 4.50. The van der Waals surface area contributed by atoms with E-state index in [1.807, 2.05) is 0 Å². The van der Waals surface area contributed by atoms with Crippen LogP contribution in [0.25, 0.3) is 0 Å². The van der Waals surface area contributed by atoms with E-state index in [-0.39, 0.29) is 16.9 Å². The molecule has 1 aromatic rings. The largest absolute Gasteiger partial charge is 0.380 e. The van der Waals surface area contributed by atoms with Gasteiger partial charge in [-0.05, 0) is 25.0 Å². The van der Waals surface area contributed by atoms with Crippen LogP contribution in [0.3, 0.4) is 0 Å². The van der Waals surface area contributed by atoms with Crippen molar-refractivity contribution in [2.45, 2.75) is 18.9 Å². The predicted molar refractivity (Wildman–Crippen MR) is 73.3 cm³/mol. The average molecular weight is 267 g/mol. The standard InChI is InChI=1S/C14H16ClFN2/c1-2-8-18-9-6-11(7-10-18)17-13-5-3-4-12(15)14(13)16/h1,3-5,11,17H,6-10H2. The second kappa shape index (κ2) is 6.08. The van der Waals surface area contributed by atoms with Crippen molar-refractivity contribution < 1.29 is 4.39 Å². The number of hydrogen-bond acceptors (Lipinski definition) is 2. The van der Waals surface area contributed by atoms with Crippen LogP contribution >= 0.6 is 11.6 Å². The minimum absolute atomic E-state index is 0.157. The Bertz CT molecular complexity index is 448. The fraction of sp³-hybridized carbons (Fsp3) is 0.429. The highest BCUT2D eigenvalue weighted by atomic mass is 35.5. The third-order valence-electron chi connectivity index (χ3n) is 3.21. The van der Waals surface area contributed by atoms with E-state index in [0.29, 0.717) is 12.2 Å². The summed E-state index contributed by atoms with van der Waals surface area (Å²) in [6.45, 7) is 2.59. The van der Waals surface area contributed by atoms with Crippen molar-refractivity contribution in [2.75, 3.05) is 25.0 Å². The SMILES string of the molecule is C#CCN1CCC(Nc2cccc(Cl)c2F)CC1. The van der Waals surface area contributed by atoms with Crippen molar-refractivity contribution in [1.29, 1.82) is 0 Å². The topological polar surface area (TPSA) is 15.3 Å². The number of likely N-dealkylation sites (tertiary alicyclic amines) is 1. The van der Waals surface area contributed by atoms with E-state index in [1.54, 1.807) is 18.2 Å². The minimum Gasteiger partial charge on any atom is -0.380 e. The fourth-order valence-electron chi connectivity index (χ4n) is 2.20. The van der Waals surface area contributed by atoms with Crippen LogP contribution in [0.5, 0.6) is 0 Å². The summed E-state index contributed by atoms with van der Waals surface area (Å²) in [5.74, 6) is 2.28. The Hall–Kier alpha value is -1.24. The molecule has 18 heavy (non-hydrogen) atoms. The van der Waals surface area contributed by atoms with Crippen LogP contribution in [0.2, 0.25) is 5.02 Å². The van der Waals surface area contributed by atoms with Gasteiger partial charge in [0, 0.05) is 19.1 Å². The maximum absolute atomic E-state index is 13.7. The summed E-state index contributed by atoms with van der Waals surface area (Å²) in [6.07, 6.45) is 7.21. The summed E-state index contributed by atoms with van der Waals surface area (Å²) in [6, 6.07) is 5.31. The van der Waals surface area contributed by atoms with Gasteiger partial charge in [0.1, 0.15) is 0 Å². The molecule has 1 aliphatic rings. The quantitative estimate of drug-likeness (QED) is 0.846. The molecule has 0 atom stereocenters. The van der Waals surface area contributed by atoms with Crippen LogP contribution in [0.4, 0.5) is 10.1 Å². The molecular formula is C14H16ClFN2. The Labute approximate surface area is 112 Å². The maximum Gasteiger partial charge on any atom is 0.164 e. The Balaban J connectivity index is 1.92. The lowest BCUT2D eigenvalue weighted by molar-refractivity contribution is 0.243. The van der Waals surface area contributed by atoms with E-state index in [2.05, 4.69) is 16.1 Å². The minimum atomic E-state index is -0.370. The Morgan fingerprint density at radius 2 is 2.17 bits per heavy atom. The van der Waals surface area contributed by atoms with Crippen LogP contribution in [0.15, 0.2) is 18.2 Å². The van der Waals surface area contributed by atoms with Gasteiger partial charge >= 0.3 is 0 Å². The molecular weight excluding hydrogens is 251 g/mol. The first kappa shape index (κ1) is 13.2. The summed E-state index contributed by atoms with van der Waals surface area (Å²) in [5, 5.41) is 3.37. The molecule has 1 fully saturated rings.